The van der Waals surface area contributed by atoms with Gasteiger partial charge in [-0.3, -0.25) is 4.79 Å². The van der Waals surface area contributed by atoms with Gasteiger partial charge < -0.3 is 9.64 Å². The second-order valence-electron chi connectivity index (χ2n) is 3.40. The van der Waals surface area contributed by atoms with Crippen LogP contribution in [0.15, 0.2) is 0 Å². The highest BCUT2D eigenvalue weighted by Gasteiger charge is 2.11. The molecule has 0 amide bonds. The quantitative estimate of drug-likeness (QED) is 0.542. The number of hydrogen-bond donors (Lipinski definition) is 0. The number of aldehydes is 1. The van der Waals surface area contributed by atoms with Gasteiger partial charge in [-0.2, -0.15) is 0 Å². The van der Waals surface area contributed by atoms with Crippen molar-refractivity contribution in [1.82, 2.24) is 4.98 Å². The van der Waals surface area contributed by atoms with Crippen LogP contribution in [0.4, 0.5) is 5.13 Å². The Labute approximate surface area is 100 Å². The zero-order valence-corrected chi connectivity index (χ0v) is 10.8. The van der Waals surface area contributed by atoms with E-state index in [9.17, 15) is 4.79 Å². The van der Waals surface area contributed by atoms with Gasteiger partial charge in [-0.25, -0.2) is 4.98 Å². The molecule has 0 N–H and O–H groups in total. The Morgan fingerprint density at radius 3 is 2.75 bits per heavy atom. The fraction of sp³-hybridized carbons (Fsp3) is 0.636. The minimum atomic E-state index is 0.685. The van der Waals surface area contributed by atoms with Gasteiger partial charge in [0, 0.05) is 20.2 Å². The van der Waals surface area contributed by atoms with Crippen LogP contribution in [0, 0.1) is 0 Å². The van der Waals surface area contributed by atoms with Gasteiger partial charge in [0.1, 0.15) is 0 Å². The van der Waals surface area contributed by atoms with Gasteiger partial charge in [-0.15, -0.1) is 0 Å². The number of carbonyl (C=O) groups excluding carboxylic acids is 1. The number of hydrogen-bond acceptors (Lipinski definition) is 5. The van der Waals surface area contributed by atoms with Crippen molar-refractivity contribution in [2.24, 2.45) is 0 Å². The van der Waals surface area contributed by atoms with Crippen molar-refractivity contribution in [2.75, 3.05) is 31.7 Å². The SMILES string of the molecule is CCOCCN(C)c1nc(CC)c(C=O)s1. The Balaban J connectivity index is 2.64. The van der Waals surface area contributed by atoms with E-state index in [-0.39, 0.29) is 0 Å². The zero-order valence-electron chi connectivity index (χ0n) is 10.0. The van der Waals surface area contributed by atoms with Gasteiger partial charge in [-0.05, 0) is 13.3 Å². The van der Waals surface area contributed by atoms with Gasteiger partial charge >= 0.3 is 0 Å². The lowest BCUT2D eigenvalue weighted by molar-refractivity contribution is 0.112. The van der Waals surface area contributed by atoms with Crippen LogP contribution >= 0.6 is 11.3 Å². The van der Waals surface area contributed by atoms with Crippen LogP contribution in [0.1, 0.15) is 29.2 Å². The summed E-state index contributed by atoms with van der Waals surface area (Å²) in [5.41, 5.74) is 0.887. The van der Waals surface area contributed by atoms with Crippen LogP contribution in [-0.4, -0.2) is 38.1 Å². The predicted octanol–water partition coefficient (Wildman–Crippen LogP) is 1.99. The van der Waals surface area contributed by atoms with Crippen molar-refractivity contribution in [3.8, 4) is 0 Å². The number of likely N-dealkylation sites (N-methyl/N-ethyl adjacent to an activating group) is 1. The molecule has 1 aromatic rings. The molecule has 90 valence electrons. The van der Waals surface area contributed by atoms with E-state index in [4.69, 9.17) is 4.74 Å². The molecule has 5 heteroatoms. The maximum Gasteiger partial charge on any atom is 0.186 e. The third-order valence-corrected chi connectivity index (χ3v) is 3.40. The first kappa shape index (κ1) is 13.1. The summed E-state index contributed by atoms with van der Waals surface area (Å²) in [4.78, 5) is 18.0. The number of thiazole rings is 1. The number of aromatic nitrogens is 1. The van der Waals surface area contributed by atoms with Crippen LogP contribution in [0.2, 0.25) is 0 Å². The molecule has 16 heavy (non-hydrogen) atoms. The molecule has 0 saturated heterocycles. The third kappa shape index (κ3) is 3.28. The minimum Gasteiger partial charge on any atom is -0.380 e. The zero-order chi connectivity index (χ0) is 12.0. The Hall–Kier alpha value is -0.940. The highest BCUT2D eigenvalue weighted by molar-refractivity contribution is 7.17. The van der Waals surface area contributed by atoms with Crippen LogP contribution < -0.4 is 4.90 Å². The average molecular weight is 242 g/mol. The first-order chi connectivity index (χ1) is 7.72. The maximum atomic E-state index is 10.8. The molecule has 0 aliphatic carbocycles. The van der Waals surface area contributed by atoms with E-state index in [0.717, 1.165) is 41.6 Å². The molecule has 0 aliphatic heterocycles. The summed E-state index contributed by atoms with van der Waals surface area (Å²) >= 11 is 1.44. The van der Waals surface area contributed by atoms with E-state index in [2.05, 4.69) is 4.98 Å². The lowest BCUT2D eigenvalue weighted by Crippen LogP contribution is -2.22. The molecule has 4 nitrogen and oxygen atoms in total. The normalized spacial score (nSPS) is 10.4. The molecule has 0 bridgehead atoms. The van der Waals surface area contributed by atoms with Crippen LogP contribution in [0.25, 0.3) is 0 Å². The molecule has 1 aromatic heterocycles. The number of nitrogens with zero attached hydrogens (tertiary/aromatic N) is 2. The summed E-state index contributed by atoms with van der Waals surface area (Å²) in [6.45, 7) is 6.19. The molecule has 1 heterocycles. The number of anilines is 1. The first-order valence-electron chi connectivity index (χ1n) is 5.46. The van der Waals surface area contributed by atoms with Crippen molar-refractivity contribution in [3.05, 3.63) is 10.6 Å². The van der Waals surface area contributed by atoms with Crippen molar-refractivity contribution in [2.45, 2.75) is 20.3 Å². The van der Waals surface area contributed by atoms with Crippen molar-refractivity contribution in [3.63, 3.8) is 0 Å². The fourth-order valence-electron chi connectivity index (χ4n) is 1.30. The van der Waals surface area contributed by atoms with Gasteiger partial charge in [0.2, 0.25) is 0 Å². The molecule has 0 aromatic carbocycles. The summed E-state index contributed by atoms with van der Waals surface area (Å²) < 4.78 is 5.28. The molecular formula is C11H18N2O2S. The van der Waals surface area contributed by atoms with Crippen molar-refractivity contribution < 1.29 is 9.53 Å². The summed E-state index contributed by atoms with van der Waals surface area (Å²) in [6.07, 6.45) is 1.68. The highest BCUT2D eigenvalue weighted by atomic mass is 32.1. The second-order valence-corrected chi connectivity index (χ2v) is 4.41. The second kappa shape index (κ2) is 6.60. The average Bonchev–Trinajstić information content (AvgIpc) is 2.72. The minimum absolute atomic E-state index is 0.685. The van der Waals surface area contributed by atoms with E-state index in [1.54, 1.807) is 0 Å². The van der Waals surface area contributed by atoms with Crippen molar-refractivity contribution in [1.29, 1.82) is 0 Å². The number of carbonyl (C=O) groups is 1. The van der Waals surface area contributed by atoms with Gasteiger partial charge in [0.25, 0.3) is 0 Å². The Morgan fingerprint density at radius 2 is 2.25 bits per heavy atom. The Kier molecular flexibility index (Phi) is 5.42. The lowest BCUT2D eigenvalue weighted by Gasteiger charge is -2.14. The van der Waals surface area contributed by atoms with Gasteiger partial charge in [-0.1, -0.05) is 18.3 Å². The third-order valence-electron chi connectivity index (χ3n) is 2.26. The molecule has 0 atom stereocenters. The molecule has 0 aliphatic rings. The van der Waals surface area contributed by atoms with Gasteiger partial charge in [0.05, 0.1) is 17.2 Å². The highest BCUT2D eigenvalue weighted by Crippen LogP contribution is 2.24. The van der Waals surface area contributed by atoms with E-state index in [0.29, 0.717) is 6.61 Å². The van der Waals surface area contributed by atoms with E-state index in [1.807, 2.05) is 25.8 Å². The van der Waals surface area contributed by atoms with Crippen LogP contribution in [-0.2, 0) is 11.2 Å². The fourth-order valence-corrected chi connectivity index (χ4v) is 2.26. The molecule has 0 radical (unpaired) electrons. The smallest absolute Gasteiger partial charge is 0.186 e. The molecule has 0 saturated carbocycles. The Bertz CT molecular complexity index is 339. The maximum absolute atomic E-state index is 10.8. The summed E-state index contributed by atoms with van der Waals surface area (Å²) in [5.74, 6) is 0. The number of ether oxygens (including phenoxy) is 1. The molecule has 0 spiro atoms. The molecule has 0 unspecified atom stereocenters. The van der Waals surface area contributed by atoms with Crippen LogP contribution in [0.5, 0.6) is 0 Å². The lowest BCUT2D eigenvalue weighted by atomic mass is 10.3. The number of aryl methyl sites for hydroxylation is 1. The van der Waals surface area contributed by atoms with E-state index < -0.39 is 0 Å². The summed E-state index contributed by atoms with van der Waals surface area (Å²) in [6, 6.07) is 0. The van der Waals surface area contributed by atoms with Crippen LogP contribution in [0.3, 0.4) is 0 Å². The van der Waals surface area contributed by atoms with Crippen molar-refractivity contribution >= 4 is 22.8 Å². The first-order valence-corrected chi connectivity index (χ1v) is 6.28. The van der Waals surface area contributed by atoms with E-state index in [1.165, 1.54) is 11.3 Å². The topological polar surface area (TPSA) is 42.4 Å². The van der Waals surface area contributed by atoms with E-state index >= 15 is 0 Å². The molecule has 1 rings (SSSR count). The molecular weight excluding hydrogens is 224 g/mol. The summed E-state index contributed by atoms with van der Waals surface area (Å²) in [5, 5.41) is 0.888. The van der Waals surface area contributed by atoms with Gasteiger partial charge in [0.15, 0.2) is 11.4 Å². The number of rotatable bonds is 7. The Morgan fingerprint density at radius 1 is 1.50 bits per heavy atom. The summed E-state index contributed by atoms with van der Waals surface area (Å²) in [7, 11) is 1.96. The largest absolute Gasteiger partial charge is 0.380 e. The molecule has 0 fully saturated rings. The predicted molar refractivity (Wildman–Crippen MR) is 66.6 cm³/mol. The standard InChI is InChI=1S/C11H18N2O2S/c1-4-9-10(8-14)16-11(12-9)13(3)6-7-15-5-2/h8H,4-7H2,1-3H3. The monoisotopic (exact) mass is 242 g/mol.